The highest BCUT2D eigenvalue weighted by molar-refractivity contribution is 7.80. The van der Waals surface area contributed by atoms with Gasteiger partial charge in [0.2, 0.25) is 0 Å². The van der Waals surface area contributed by atoms with Crippen molar-refractivity contribution in [2.24, 2.45) is 0 Å². The van der Waals surface area contributed by atoms with Crippen molar-refractivity contribution < 1.29 is 9.53 Å². The molecule has 1 N–H and O–H groups in total. The van der Waals surface area contributed by atoms with E-state index in [2.05, 4.69) is 60.4 Å². The number of piperidine rings is 1. The van der Waals surface area contributed by atoms with Gasteiger partial charge < -0.3 is 24.8 Å². The Morgan fingerprint density at radius 1 is 1.25 bits per heavy atom. The molecule has 0 bridgehead atoms. The van der Waals surface area contributed by atoms with Crippen molar-refractivity contribution in [3.05, 3.63) is 29.8 Å². The summed E-state index contributed by atoms with van der Waals surface area (Å²) < 4.78 is 5.13. The minimum absolute atomic E-state index is 0.210. The maximum absolute atomic E-state index is 12.0. The molecule has 1 aliphatic heterocycles. The fourth-order valence-corrected chi connectivity index (χ4v) is 3.76. The molecule has 1 aromatic rings. The lowest BCUT2D eigenvalue weighted by Crippen LogP contribution is -2.51. The highest BCUT2D eigenvalue weighted by Crippen LogP contribution is 2.20. The number of hydrogen-bond donors (Lipinski definition) is 1. The molecule has 0 unspecified atom stereocenters. The molecule has 0 saturated carbocycles. The van der Waals surface area contributed by atoms with E-state index in [1.807, 2.05) is 6.92 Å². The predicted octanol–water partition coefficient (Wildman–Crippen LogP) is 3.43. The fourth-order valence-electron chi connectivity index (χ4n) is 3.40. The van der Waals surface area contributed by atoms with Crippen LogP contribution in [0.25, 0.3) is 0 Å². The smallest absolute Gasteiger partial charge is 0.409 e. The Balaban J connectivity index is 2.02. The molecule has 1 aromatic carbocycles. The number of hydrogen-bond acceptors (Lipinski definition) is 4. The topological polar surface area (TPSA) is 48.1 Å². The highest BCUT2D eigenvalue weighted by Gasteiger charge is 2.28. The molecular formula is C21H34N4O2S. The number of anilines is 1. The van der Waals surface area contributed by atoms with Crippen molar-refractivity contribution in [2.45, 2.75) is 39.2 Å². The Kier molecular flexibility index (Phi) is 8.99. The number of nitrogens with one attached hydrogen (secondary N) is 1. The lowest BCUT2D eigenvalue weighted by molar-refractivity contribution is 0.0867. The van der Waals surface area contributed by atoms with Crippen LogP contribution >= 0.6 is 12.2 Å². The SMILES string of the molecule is CCOC(=O)N1CCC(N(CCN(C)C)C(=S)Nc2cccc(CC)c2)CC1. The van der Waals surface area contributed by atoms with Gasteiger partial charge in [0.05, 0.1) is 6.61 Å². The second-order valence-corrected chi connectivity index (χ2v) is 7.78. The highest BCUT2D eigenvalue weighted by atomic mass is 32.1. The average molecular weight is 407 g/mol. The van der Waals surface area contributed by atoms with E-state index in [1.165, 1.54) is 5.56 Å². The first-order chi connectivity index (χ1) is 13.4. The van der Waals surface area contributed by atoms with Gasteiger partial charge >= 0.3 is 6.09 Å². The van der Waals surface area contributed by atoms with E-state index >= 15 is 0 Å². The van der Waals surface area contributed by atoms with Crippen molar-refractivity contribution in [1.29, 1.82) is 0 Å². The summed E-state index contributed by atoms with van der Waals surface area (Å²) in [7, 11) is 4.14. The standard InChI is InChI=1S/C21H34N4O2S/c1-5-17-8-7-9-18(16-17)22-20(28)25(15-14-23(3)4)19-10-12-24(13-11-19)21(26)27-6-2/h7-9,16,19H,5-6,10-15H2,1-4H3,(H,22,28). The molecule has 6 nitrogen and oxygen atoms in total. The first-order valence-corrected chi connectivity index (χ1v) is 10.6. The predicted molar refractivity (Wildman–Crippen MR) is 119 cm³/mol. The molecule has 2 rings (SSSR count). The summed E-state index contributed by atoms with van der Waals surface area (Å²) in [4.78, 5) is 18.2. The van der Waals surface area contributed by atoms with E-state index < -0.39 is 0 Å². The van der Waals surface area contributed by atoms with Crippen LogP contribution in [0.4, 0.5) is 10.5 Å². The molecule has 1 heterocycles. The van der Waals surface area contributed by atoms with Crippen molar-refractivity contribution >= 4 is 29.1 Å². The zero-order valence-electron chi connectivity index (χ0n) is 17.6. The molecule has 0 aliphatic carbocycles. The van der Waals surface area contributed by atoms with Gasteiger partial charge in [-0.25, -0.2) is 4.79 Å². The number of thiocarbonyl (C=S) groups is 1. The van der Waals surface area contributed by atoms with Gasteiger partial charge in [-0.05, 0) is 70.2 Å². The van der Waals surface area contributed by atoms with Crippen LogP contribution in [0.5, 0.6) is 0 Å². The summed E-state index contributed by atoms with van der Waals surface area (Å²) in [6.45, 7) is 7.60. The van der Waals surface area contributed by atoms with Crippen LogP contribution in [0.2, 0.25) is 0 Å². The normalized spacial score (nSPS) is 14.8. The number of carbonyl (C=O) groups excluding carboxylic acids is 1. The monoisotopic (exact) mass is 406 g/mol. The van der Waals surface area contributed by atoms with Gasteiger partial charge in [0, 0.05) is 37.9 Å². The molecule has 1 fully saturated rings. The molecule has 0 radical (unpaired) electrons. The fraction of sp³-hybridized carbons (Fsp3) is 0.619. The first-order valence-electron chi connectivity index (χ1n) is 10.2. The third-order valence-electron chi connectivity index (χ3n) is 5.07. The Morgan fingerprint density at radius 2 is 1.96 bits per heavy atom. The lowest BCUT2D eigenvalue weighted by atomic mass is 10.0. The number of likely N-dealkylation sites (N-methyl/N-ethyl adjacent to an activating group) is 1. The van der Waals surface area contributed by atoms with Crippen LogP contribution in [0.3, 0.4) is 0 Å². The van der Waals surface area contributed by atoms with Crippen LogP contribution < -0.4 is 5.32 Å². The van der Waals surface area contributed by atoms with Gasteiger partial charge in [0.1, 0.15) is 0 Å². The second kappa shape index (κ2) is 11.2. The van der Waals surface area contributed by atoms with Gasteiger partial charge in [-0.3, -0.25) is 0 Å². The zero-order chi connectivity index (χ0) is 20.5. The maximum Gasteiger partial charge on any atom is 0.409 e. The summed E-state index contributed by atoms with van der Waals surface area (Å²) in [5, 5.41) is 4.18. The number of likely N-dealkylation sites (tertiary alicyclic amines) is 1. The quantitative estimate of drug-likeness (QED) is 0.700. The van der Waals surface area contributed by atoms with Crippen LogP contribution in [0, 0.1) is 0 Å². The lowest BCUT2D eigenvalue weighted by Gasteiger charge is -2.40. The van der Waals surface area contributed by atoms with Gasteiger partial charge in [0.15, 0.2) is 5.11 Å². The second-order valence-electron chi connectivity index (χ2n) is 7.40. The van der Waals surface area contributed by atoms with Crippen molar-refractivity contribution in [1.82, 2.24) is 14.7 Å². The van der Waals surface area contributed by atoms with Crippen molar-refractivity contribution in [2.75, 3.05) is 52.2 Å². The largest absolute Gasteiger partial charge is 0.450 e. The van der Waals surface area contributed by atoms with Crippen LogP contribution in [0.15, 0.2) is 24.3 Å². The zero-order valence-corrected chi connectivity index (χ0v) is 18.4. The van der Waals surface area contributed by atoms with Crippen molar-refractivity contribution in [3.63, 3.8) is 0 Å². The number of rotatable bonds is 7. The summed E-state index contributed by atoms with van der Waals surface area (Å²) >= 11 is 5.78. The number of amides is 1. The number of carbonyl (C=O) groups is 1. The first kappa shape index (κ1) is 22.4. The number of benzene rings is 1. The molecule has 0 atom stereocenters. The molecule has 7 heteroatoms. The maximum atomic E-state index is 12.0. The molecule has 156 valence electrons. The molecule has 28 heavy (non-hydrogen) atoms. The number of nitrogens with zero attached hydrogens (tertiary/aromatic N) is 3. The van der Waals surface area contributed by atoms with Crippen LogP contribution in [0.1, 0.15) is 32.3 Å². The van der Waals surface area contributed by atoms with E-state index in [9.17, 15) is 4.79 Å². The summed E-state index contributed by atoms with van der Waals surface area (Å²) in [5.74, 6) is 0. The Labute approximate surface area is 174 Å². The summed E-state index contributed by atoms with van der Waals surface area (Å²) in [6.07, 6.45) is 2.57. The number of aryl methyl sites for hydroxylation is 1. The average Bonchev–Trinajstić information content (AvgIpc) is 2.68. The molecule has 1 aliphatic rings. The molecule has 0 aromatic heterocycles. The molecular weight excluding hydrogens is 372 g/mol. The van der Waals surface area contributed by atoms with E-state index in [0.717, 1.165) is 43.2 Å². The minimum atomic E-state index is -0.210. The Hall–Kier alpha value is -1.86. The third kappa shape index (κ3) is 6.63. The van der Waals surface area contributed by atoms with E-state index in [-0.39, 0.29) is 6.09 Å². The van der Waals surface area contributed by atoms with Crippen LogP contribution in [-0.2, 0) is 11.2 Å². The number of ether oxygens (including phenoxy) is 1. The minimum Gasteiger partial charge on any atom is -0.450 e. The van der Waals surface area contributed by atoms with Crippen molar-refractivity contribution in [3.8, 4) is 0 Å². The molecule has 0 spiro atoms. The van der Waals surface area contributed by atoms with Gasteiger partial charge in [0.25, 0.3) is 0 Å². The molecule has 1 saturated heterocycles. The summed E-state index contributed by atoms with van der Waals surface area (Å²) in [5.41, 5.74) is 2.32. The van der Waals surface area contributed by atoms with E-state index in [0.29, 0.717) is 25.7 Å². The third-order valence-corrected chi connectivity index (χ3v) is 5.40. The van der Waals surface area contributed by atoms with Gasteiger partial charge in [-0.1, -0.05) is 19.1 Å². The van der Waals surface area contributed by atoms with Crippen LogP contribution in [-0.4, -0.2) is 78.8 Å². The Bertz CT molecular complexity index is 645. The molecule has 1 amide bonds. The van der Waals surface area contributed by atoms with E-state index in [1.54, 1.807) is 4.90 Å². The summed E-state index contributed by atoms with van der Waals surface area (Å²) in [6, 6.07) is 8.72. The Morgan fingerprint density at radius 3 is 2.57 bits per heavy atom. The van der Waals surface area contributed by atoms with Gasteiger partial charge in [-0.2, -0.15) is 0 Å². The van der Waals surface area contributed by atoms with E-state index in [4.69, 9.17) is 17.0 Å². The van der Waals surface area contributed by atoms with Gasteiger partial charge in [-0.15, -0.1) is 0 Å².